The second-order valence-electron chi connectivity index (χ2n) is 5.34. The zero-order chi connectivity index (χ0) is 17.1. The number of rotatable bonds is 4. The first-order valence-corrected chi connectivity index (χ1v) is 7.45. The van der Waals surface area contributed by atoms with E-state index in [9.17, 15) is 10.1 Å². The topological polar surface area (TPSA) is 64.7 Å². The normalized spacial score (nSPS) is 11.1. The summed E-state index contributed by atoms with van der Waals surface area (Å²) in [5, 5.41) is 13.1. The number of ether oxygens (including phenoxy) is 1. The van der Waals surface area contributed by atoms with Gasteiger partial charge in [-0.2, -0.15) is 0 Å². The van der Waals surface area contributed by atoms with Gasteiger partial charge in [0.2, 0.25) is 0 Å². The Hall–Kier alpha value is -3.21. The largest absolute Gasteiger partial charge is 0.496 e. The maximum atomic E-state index is 11.0. The molecule has 0 heterocycles. The van der Waals surface area contributed by atoms with Crippen LogP contribution in [0.1, 0.15) is 11.1 Å². The predicted molar refractivity (Wildman–Crippen MR) is 95.6 cm³/mol. The first-order chi connectivity index (χ1) is 11.6. The zero-order valence-electron chi connectivity index (χ0n) is 13.4. The molecule has 0 aliphatic carbocycles. The van der Waals surface area contributed by atoms with Crippen molar-refractivity contribution in [2.24, 2.45) is 4.99 Å². The molecule has 0 bridgehead atoms. The molecule has 5 heteroatoms. The number of nitro benzene ring substituents is 1. The third kappa shape index (κ3) is 2.84. The Morgan fingerprint density at radius 2 is 1.79 bits per heavy atom. The number of nitro groups is 1. The van der Waals surface area contributed by atoms with Crippen molar-refractivity contribution in [2.45, 2.75) is 6.92 Å². The standard InChI is InChI=1S/C19H16N2O3/c1-13-17(8-5-9-18(13)21(22)23)20-12-14-10-11-19(24-2)16-7-4-3-6-15(14)16/h3-12H,1-2H3. The maximum Gasteiger partial charge on any atom is 0.274 e. The Labute approximate surface area is 139 Å². The summed E-state index contributed by atoms with van der Waals surface area (Å²) in [6.07, 6.45) is 1.73. The van der Waals surface area contributed by atoms with Crippen molar-refractivity contribution < 1.29 is 9.66 Å². The summed E-state index contributed by atoms with van der Waals surface area (Å²) in [6, 6.07) is 16.6. The van der Waals surface area contributed by atoms with E-state index in [1.165, 1.54) is 6.07 Å². The van der Waals surface area contributed by atoms with Crippen molar-refractivity contribution in [2.75, 3.05) is 7.11 Å². The van der Waals surface area contributed by atoms with Crippen molar-refractivity contribution >= 4 is 28.4 Å². The number of fused-ring (bicyclic) bond motifs is 1. The average Bonchev–Trinajstić information content (AvgIpc) is 2.60. The first kappa shape index (κ1) is 15.7. The summed E-state index contributed by atoms with van der Waals surface area (Å²) < 4.78 is 5.39. The molecule has 5 nitrogen and oxygen atoms in total. The fourth-order valence-corrected chi connectivity index (χ4v) is 2.67. The molecule has 0 aromatic heterocycles. The number of methoxy groups -OCH3 is 1. The zero-order valence-corrected chi connectivity index (χ0v) is 13.4. The van der Waals surface area contributed by atoms with Crippen molar-refractivity contribution in [1.29, 1.82) is 0 Å². The average molecular weight is 320 g/mol. The SMILES string of the molecule is COc1ccc(C=Nc2cccc([N+](=O)[O-])c2C)c2ccccc12. The van der Waals surface area contributed by atoms with E-state index in [0.29, 0.717) is 11.3 Å². The van der Waals surface area contributed by atoms with Gasteiger partial charge in [0, 0.05) is 23.2 Å². The molecule has 0 saturated heterocycles. The quantitative estimate of drug-likeness (QED) is 0.393. The predicted octanol–water partition coefficient (Wildman–Crippen LogP) is 4.82. The number of hydrogen-bond donors (Lipinski definition) is 0. The van der Waals surface area contributed by atoms with Crippen LogP contribution in [-0.4, -0.2) is 18.2 Å². The fourth-order valence-electron chi connectivity index (χ4n) is 2.67. The molecule has 0 aliphatic heterocycles. The molecular formula is C19H16N2O3. The van der Waals surface area contributed by atoms with Crippen LogP contribution in [0.15, 0.2) is 59.6 Å². The molecule has 0 spiro atoms. The number of benzene rings is 3. The minimum atomic E-state index is -0.392. The van der Waals surface area contributed by atoms with Gasteiger partial charge in [0.15, 0.2) is 0 Å². The highest BCUT2D eigenvalue weighted by atomic mass is 16.6. The Morgan fingerprint density at radius 1 is 1.04 bits per heavy atom. The maximum absolute atomic E-state index is 11.0. The molecule has 0 fully saturated rings. The van der Waals surface area contributed by atoms with Crippen LogP contribution in [0, 0.1) is 17.0 Å². The monoisotopic (exact) mass is 320 g/mol. The van der Waals surface area contributed by atoms with Crippen LogP contribution in [0.3, 0.4) is 0 Å². The molecule has 0 atom stereocenters. The Balaban J connectivity index is 2.07. The summed E-state index contributed by atoms with van der Waals surface area (Å²) in [5.41, 5.74) is 2.14. The molecule has 3 rings (SSSR count). The van der Waals surface area contributed by atoms with Crippen molar-refractivity contribution in [3.8, 4) is 5.75 Å². The summed E-state index contributed by atoms with van der Waals surface area (Å²) in [6.45, 7) is 1.71. The molecule has 0 saturated carbocycles. The van der Waals surface area contributed by atoms with Crippen LogP contribution in [0.25, 0.3) is 10.8 Å². The molecule has 0 radical (unpaired) electrons. The third-order valence-corrected chi connectivity index (χ3v) is 3.95. The molecule has 3 aromatic carbocycles. The van der Waals surface area contributed by atoms with Gasteiger partial charge in [0.1, 0.15) is 5.75 Å². The van der Waals surface area contributed by atoms with Crippen LogP contribution in [0.2, 0.25) is 0 Å². The van der Waals surface area contributed by atoms with E-state index in [2.05, 4.69) is 4.99 Å². The highest BCUT2D eigenvalue weighted by Crippen LogP contribution is 2.30. The van der Waals surface area contributed by atoms with E-state index in [4.69, 9.17) is 4.74 Å². The lowest BCUT2D eigenvalue weighted by Crippen LogP contribution is -1.92. The van der Waals surface area contributed by atoms with Gasteiger partial charge in [-0.1, -0.05) is 30.3 Å². The number of hydrogen-bond acceptors (Lipinski definition) is 4. The third-order valence-electron chi connectivity index (χ3n) is 3.95. The first-order valence-electron chi connectivity index (χ1n) is 7.45. The van der Waals surface area contributed by atoms with Gasteiger partial charge >= 0.3 is 0 Å². The van der Waals surface area contributed by atoms with Crippen molar-refractivity contribution in [1.82, 2.24) is 0 Å². The van der Waals surface area contributed by atoms with Crippen LogP contribution >= 0.6 is 0 Å². The van der Waals surface area contributed by atoms with Gasteiger partial charge < -0.3 is 4.74 Å². The van der Waals surface area contributed by atoms with E-state index in [0.717, 1.165) is 22.1 Å². The lowest BCUT2D eigenvalue weighted by molar-refractivity contribution is -0.385. The lowest BCUT2D eigenvalue weighted by Gasteiger charge is -2.07. The van der Waals surface area contributed by atoms with Crippen LogP contribution in [0.5, 0.6) is 5.75 Å². The van der Waals surface area contributed by atoms with Crippen molar-refractivity contribution in [3.63, 3.8) is 0 Å². The molecule has 0 aliphatic rings. The molecule has 24 heavy (non-hydrogen) atoms. The molecule has 0 amide bonds. The number of aliphatic imine (C=N–C) groups is 1. The van der Waals surface area contributed by atoms with Gasteiger partial charge in [-0.25, -0.2) is 0 Å². The molecule has 0 unspecified atom stereocenters. The Morgan fingerprint density at radius 3 is 2.50 bits per heavy atom. The lowest BCUT2D eigenvalue weighted by atomic mass is 10.0. The van der Waals surface area contributed by atoms with Crippen LogP contribution in [-0.2, 0) is 0 Å². The van der Waals surface area contributed by atoms with Crippen LogP contribution < -0.4 is 4.74 Å². The van der Waals surface area contributed by atoms with Gasteiger partial charge in [-0.05, 0) is 30.5 Å². The smallest absolute Gasteiger partial charge is 0.274 e. The summed E-state index contributed by atoms with van der Waals surface area (Å²) in [4.78, 5) is 15.1. The minimum absolute atomic E-state index is 0.0734. The second kappa shape index (κ2) is 6.50. The van der Waals surface area contributed by atoms with Crippen LogP contribution in [0.4, 0.5) is 11.4 Å². The minimum Gasteiger partial charge on any atom is -0.496 e. The summed E-state index contributed by atoms with van der Waals surface area (Å²) in [7, 11) is 1.64. The van der Waals surface area contributed by atoms with E-state index >= 15 is 0 Å². The van der Waals surface area contributed by atoms with E-state index < -0.39 is 4.92 Å². The molecule has 120 valence electrons. The summed E-state index contributed by atoms with van der Waals surface area (Å²) >= 11 is 0. The van der Waals surface area contributed by atoms with E-state index in [1.54, 1.807) is 32.4 Å². The second-order valence-corrected chi connectivity index (χ2v) is 5.34. The summed E-state index contributed by atoms with van der Waals surface area (Å²) in [5.74, 6) is 0.800. The molecule has 0 N–H and O–H groups in total. The van der Waals surface area contributed by atoms with E-state index in [-0.39, 0.29) is 5.69 Å². The van der Waals surface area contributed by atoms with Gasteiger partial charge in [0.05, 0.1) is 23.3 Å². The fraction of sp³-hybridized carbons (Fsp3) is 0.105. The number of nitrogens with zero attached hydrogens (tertiary/aromatic N) is 2. The van der Waals surface area contributed by atoms with Gasteiger partial charge in [0.25, 0.3) is 5.69 Å². The van der Waals surface area contributed by atoms with Gasteiger partial charge in [-0.3, -0.25) is 15.1 Å². The Kier molecular flexibility index (Phi) is 4.24. The highest BCUT2D eigenvalue weighted by Gasteiger charge is 2.12. The van der Waals surface area contributed by atoms with Crippen molar-refractivity contribution in [3.05, 3.63) is 75.8 Å². The Bertz CT molecular complexity index is 948. The highest BCUT2D eigenvalue weighted by molar-refractivity contribution is 6.03. The van der Waals surface area contributed by atoms with Gasteiger partial charge in [-0.15, -0.1) is 0 Å². The molecule has 3 aromatic rings. The molecular weight excluding hydrogens is 304 g/mol. The van der Waals surface area contributed by atoms with E-state index in [1.807, 2.05) is 36.4 Å².